The fourth-order valence-corrected chi connectivity index (χ4v) is 5.65. The number of H-pyrrole nitrogens is 1. The van der Waals surface area contributed by atoms with Gasteiger partial charge in [0.25, 0.3) is 0 Å². The number of anilines is 1. The highest BCUT2D eigenvalue weighted by molar-refractivity contribution is 7.73. The van der Waals surface area contributed by atoms with Crippen LogP contribution in [0.5, 0.6) is 0 Å². The second-order valence-corrected chi connectivity index (χ2v) is 10.5. The second kappa shape index (κ2) is 7.50. The predicted molar refractivity (Wildman–Crippen MR) is 121 cm³/mol. The number of nitrogens with zero attached hydrogens (tertiary/aromatic N) is 3. The van der Waals surface area contributed by atoms with Crippen LogP contribution in [0.15, 0.2) is 40.9 Å². The number of nitrogens with two attached hydrogens (primary N) is 1. The number of nitrogens with one attached hydrogen (secondary N) is 1. The zero-order valence-electron chi connectivity index (χ0n) is 16.1. The van der Waals surface area contributed by atoms with Crippen LogP contribution in [-0.2, 0) is 4.79 Å². The number of aromatic amines is 1. The lowest BCUT2D eigenvalue weighted by molar-refractivity contribution is -0.118. The van der Waals surface area contributed by atoms with Gasteiger partial charge in [0, 0.05) is 33.3 Å². The Bertz CT molecular complexity index is 1210. The molecule has 1 aliphatic heterocycles. The smallest absolute Gasteiger partial charge is 0.216 e. The fourth-order valence-electron chi connectivity index (χ4n) is 4.12. The van der Waals surface area contributed by atoms with Gasteiger partial charge in [-0.25, -0.2) is 0 Å². The SMILES string of the molecule is CC1(C)CC(=O)C2=C(C1)N(c1n[nH]c(=S)s1)C(N)=C(C#N)C2c1c(Cl)cccc1Cl. The number of allylic oxidation sites excluding steroid dienone is 3. The van der Waals surface area contributed by atoms with Crippen molar-refractivity contribution in [3.8, 4) is 6.07 Å². The summed E-state index contributed by atoms with van der Waals surface area (Å²) in [5.74, 6) is -0.606. The summed E-state index contributed by atoms with van der Waals surface area (Å²) in [6, 6.07) is 7.29. The van der Waals surface area contributed by atoms with E-state index in [1.54, 1.807) is 23.1 Å². The quantitative estimate of drug-likeness (QED) is 0.557. The number of benzene rings is 1. The highest BCUT2D eigenvalue weighted by Crippen LogP contribution is 2.52. The Balaban J connectivity index is 2.06. The lowest BCUT2D eigenvalue weighted by Gasteiger charge is -2.42. The first-order valence-corrected chi connectivity index (χ1v) is 11.1. The molecule has 0 fully saturated rings. The van der Waals surface area contributed by atoms with E-state index in [0.29, 0.717) is 48.8 Å². The molecule has 3 N–H and O–H groups in total. The van der Waals surface area contributed by atoms with Crippen molar-refractivity contribution >= 4 is 57.7 Å². The molecule has 1 aliphatic carbocycles. The van der Waals surface area contributed by atoms with Crippen LogP contribution < -0.4 is 10.6 Å². The third-order valence-corrected chi connectivity index (χ3v) is 7.02. The van der Waals surface area contributed by atoms with Crippen molar-refractivity contribution in [2.45, 2.75) is 32.6 Å². The van der Waals surface area contributed by atoms with Crippen LogP contribution in [0.1, 0.15) is 38.2 Å². The molecule has 1 aromatic heterocycles. The molecule has 0 radical (unpaired) electrons. The molecule has 2 aliphatic rings. The Morgan fingerprint density at radius 3 is 2.60 bits per heavy atom. The Morgan fingerprint density at radius 1 is 1.37 bits per heavy atom. The molecule has 2 heterocycles. The van der Waals surface area contributed by atoms with Crippen LogP contribution in [0, 0.1) is 20.7 Å². The molecule has 0 saturated carbocycles. The number of hydrogen-bond acceptors (Lipinski definition) is 7. The molecule has 0 bridgehead atoms. The molecule has 1 unspecified atom stereocenters. The number of hydrogen-bond donors (Lipinski definition) is 2. The van der Waals surface area contributed by atoms with E-state index >= 15 is 0 Å². The van der Waals surface area contributed by atoms with E-state index in [1.165, 1.54) is 11.3 Å². The van der Waals surface area contributed by atoms with E-state index < -0.39 is 5.92 Å². The normalized spacial score (nSPS) is 21.0. The van der Waals surface area contributed by atoms with Gasteiger partial charge in [-0.2, -0.15) is 5.26 Å². The minimum Gasteiger partial charge on any atom is -0.384 e. The maximum Gasteiger partial charge on any atom is 0.216 e. The van der Waals surface area contributed by atoms with Crippen molar-refractivity contribution in [2.75, 3.05) is 4.90 Å². The van der Waals surface area contributed by atoms with E-state index in [9.17, 15) is 10.1 Å². The fraction of sp³-hybridized carbons (Fsp3) is 0.300. The third-order valence-electron chi connectivity index (χ3n) is 5.29. The van der Waals surface area contributed by atoms with E-state index in [1.807, 2.05) is 13.8 Å². The van der Waals surface area contributed by atoms with Crippen LogP contribution >= 0.6 is 46.8 Å². The van der Waals surface area contributed by atoms with Crippen molar-refractivity contribution in [3.05, 3.63) is 60.4 Å². The van der Waals surface area contributed by atoms with Gasteiger partial charge in [-0.1, -0.05) is 54.5 Å². The number of Topliss-reactive ketones (excluding diaryl/α,β-unsaturated/α-hetero) is 1. The largest absolute Gasteiger partial charge is 0.384 e. The van der Waals surface area contributed by atoms with Crippen molar-refractivity contribution in [3.63, 3.8) is 0 Å². The number of aromatic nitrogens is 2. The van der Waals surface area contributed by atoms with Gasteiger partial charge in [0.05, 0.1) is 17.6 Å². The summed E-state index contributed by atoms with van der Waals surface area (Å²) < 4.78 is 0.469. The first-order chi connectivity index (χ1) is 14.1. The van der Waals surface area contributed by atoms with Gasteiger partial charge in [0.2, 0.25) is 5.13 Å². The molecule has 0 spiro atoms. The third kappa shape index (κ3) is 3.36. The summed E-state index contributed by atoms with van der Waals surface area (Å²) in [5.41, 5.74) is 8.13. The molecule has 0 amide bonds. The molecular weight excluding hydrogens is 461 g/mol. The molecule has 154 valence electrons. The van der Waals surface area contributed by atoms with E-state index in [2.05, 4.69) is 16.3 Å². The maximum atomic E-state index is 13.4. The lowest BCUT2D eigenvalue weighted by Crippen LogP contribution is -2.42. The van der Waals surface area contributed by atoms with Crippen molar-refractivity contribution in [1.29, 1.82) is 5.26 Å². The van der Waals surface area contributed by atoms with E-state index in [-0.39, 0.29) is 22.6 Å². The van der Waals surface area contributed by atoms with Gasteiger partial charge in [-0.3, -0.25) is 14.8 Å². The zero-order chi connectivity index (χ0) is 21.8. The molecule has 6 nitrogen and oxygen atoms in total. The number of rotatable bonds is 2. The average Bonchev–Trinajstić information content (AvgIpc) is 3.06. The Labute approximate surface area is 192 Å². The molecule has 4 rings (SSSR count). The topological polar surface area (TPSA) is 98.8 Å². The molecule has 1 aromatic carbocycles. The van der Waals surface area contributed by atoms with Gasteiger partial charge < -0.3 is 5.73 Å². The van der Waals surface area contributed by atoms with Crippen LogP contribution in [0.3, 0.4) is 0 Å². The standard InChI is InChI=1S/C20H17Cl2N5OS2/c1-20(2)6-12-16(13(28)7-20)14(15-10(21)4-3-5-11(15)22)9(8-23)17(24)27(12)18-25-26-19(29)30-18/h3-5,14H,6-7,24H2,1-2H3,(H,26,29). The number of ketones is 1. The number of halogens is 2. The molecule has 2 aromatic rings. The van der Waals surface area contributed by atoms with Crippen molar-refractivity contribution < 1.29 is 4.79 Å². The highest BCUT2D eigenvalue weighted by Gasteiger charge is 2.46. The summed E-state index contributed by atoms with van der Waals surface area (Å²) in [5, 5.41) is 18.3. The zero-order valence-corrected chi connectivity index (χ0v) is 19.3. The Hall–Kier alpha value is -2.18. The lowest BCUT2D eigenvalue weighted by atomic mass is 9.68. The second-order valence-electron chi connectivity index (χ2n) is 8.01. The van der Waals surface area contributed by atoms with Crippen LogP contribution in [0.25, 0.3) is 0 Å². The highest BCUT2D eigenvalue weighted by atomic mass is 35.5. The molecule has 0 saturated heterocycles. The summed E-state index contributed by atoms with van der Waals surface area (Å²) >= 11 is 19.4. The first-order valence-electron chi connectivity index (χ1n) is 9.10. The Kier molecular flexibility index (Phi) is 5.27. The van der Waals surface area contributed by atoms with Crippen LogP contribution in [-0.4, -0.2) is 16.0 Å². The number of nitriles is 1. The van der Waals surface area contributed by atoms with Gasteiger partial charge in [-0.15, -0.1) is 5.10 Å². The summed E-state index contributed by atoms with van der Waals surface area (Å²) in [6.07, 6.45) is 0.908. The number of carbonyl (C=O) groups excluding carboxylic acids is 1. The Morgan fingerprint density at radius 2 is 2.03 bits per heavy atom. The van der Waals surface area contributed by atoms with E-state index in [0.717, 1.165) is 0 Å². The van der Waals surface area contributed by atoms with Gasteiger partial charge >= 0.3 is 0 Å². The molecule has 10 heteroatoms. The summed E-state index contributed by atoms with van der Waals surface area (Å²) in [4.78, 5) is 15.1. The van der Waals surface area contributed by atoms with Gasteiger partial charge in [0.15, 0.2) is 9.74 Å². The van der Waals surface area contributed by atoms with Gasteiger partial charge in [-0.05, 0) is 36.2 Å². The monoisotopic (exact) mass is 477 g/mol. The van der Waals surface area contributed by atoms with Gasteiger partial charge in [0.1, 0.15) is 5.82 Å². The molecule has 30 heavy (non-hydrogen) atoms. The minimum absolute atomic E-state index is 0.0633. The van der Waals surface area contributed by atoms with Crippen LogP contribution in [0.2, 0.25) is 10.0 Å². The summed E-state index contributed by atoms with van der Waals surface area (Å²) in [7, 11) is 0. The minimum atomic E-state index is -0.738. The molecule has 1 atom stereocenters. The van der Waals surface area contributed by atoms with E-state index in [4.69, 9.17) is 41.2 Å². The van der Waals surface area contributed by atoms with Crippen LogP contribution in [0.4, 0.5) is 5.13 Å². The molecular formula is C20H17Cl2N5OS2. The number of carbonyl (C=O) groups is 1. The first kappa shape index (κ1) is 21.1. The van der Waals surface area contributed by atoms with Crippen molar-refractivity contribution in [1.82, 2.24) is 10.2 Å². The maximum absolute atomic E-state index is 13.4. The summed E-state index contributed by atoms with van der Waals surface area (Å²) in [6.45, 7) is 4.05. The van der Waals surface area contributed by atoms with Crippen molar-refractivity contribution in [2.24, 2.45) is 11.1 Å². The predicted octanol–water partition coefficient (Wildman–Crippen LogP) is 5.45. The average molecular weight is 478 g/mol.